The number of nitrogens with one attached hydrogen (secondary N) is 1. The molecule has 0 amide bonds. The monoisotopic (exact) mass is 334 g/mol. The number of methoxy groups -OCH3 is 2. The van der Waals surface area contributed by atoms with Gasteiger partial charge in [0.1, 0.15) is 11.5 Å². The van der Waals surface area contributed by atoms with Crippen LogP contribution < -0.4 is 9.47 Å². The lowest BCUT2D eigenvalue weighted by Gasteiger charge is -2.06. The molecule has 0 unspecified atom stereocenters. The van der Waals surface area contributed by atoms with Crippen molar-refractivity contribution >= 4 is 11.9 Å². The number of allylic oxidation sites excluding steroid dienone is 1. The van der Waals surface area contributed by atoms with E-state index in [0.29, 0.717) is 17.1 Å². The van der Waals surface area contributed by atoms with Crippen molar-refractivity contribution in [3.05, 3.63) is 71.9 Å². The molecule has 3 aromatic rings. The lowest BCUT2D eigenvalue weighted by atomic mass is 10.1. The Hall–Kier alpha value is -3.34. The maximum atomic E-state index is 12.4. The quantitative estimate of drug-likeness (QED) is 0.547. The Morgan fingerprint density at radius 3 is 2.32 bits per heavy atom. The number of ketones is 1. The molecule has 0 saturated heterocycles. The van der Waals surface area contributed by atoms with Crippen molar-refractivity contribution in [2.24, 2.45) is 0 Å². The summed E-state index contributed by atoms with van der Waals surface area (Å²) >= 11 is 0. The Bertz CT molecular complexity index is 876. The number of nitrogens with zero attached hydrogens (tertiary/aromatic N) is 1. The summed E-state index contributed by atoms with van der Waals surface area (Å²) in [7, 11) is 3.10. The highest BCUT2D eigenvalue weighted by molar-refractivity contribution is 6.07. The summed E-state index contributed by atoms with van der Waals surface area (Å²) in [6.07, 6.45) is 3.20. The van der Waals surface area contributed by atoms with Gasteiger partial charge in [-0.25, -0.2) is 0 Å². The fourth-order valence-corrected chi connectivity index (χ4v) is 2.39. The molecule has 0 atom stereocenters. The summed E-state index contributed by atoms with van der Waals surface area (Å²) in [6, 6.07) is 16.8. The van der Waals surface area contributed by atoms with Gasteiger partial charge in [0.15, 0.2) is 5.78 Å². The zero-order chi connectivity index (χ0) is 17.6. The van der Waals surface area contributed by atoms with Crippen molar-refractivity contribution in [2.75, 3.05) is 14.2 Å². The number of benzene rings is 2. The second-order valence-corrected chi connectivity index (χ2v) is 5.37. The largest absolute Gasteiger partial charge is 0.497 e. The summed E-state index contributed by atoms with van der Waals surface area (Å²) in [5.74, 6) is 1.00. The van der Waals surface area contributed by atoms with E-state index < -0.39 is 0 Å². The fraction of sp³-hybridized carbons (Fsp3) is 0.100. The molecule has 0 aliphatic carbocycles. The van der Waals surface area contributed by atoms with E-state index in [1.54, 1.807) is 38.5 Å². The van der Waals surface area contributed by atoms with Gasteiger partial charge in [-0.05, 0) is 30.4 Å². The van der Waals surface area contributed by atoms with Crippen molar-refractivity contribution < 1.29 is 14.3 Å². The predicted molar refractivity (Wildman–Crippen MR) is 96.9 cm³/mol. The first-order valence-corrected chi connectivity index (χ1v) is 7.76. The zero-order valence-electron chi connectivity index (χ0n) is 14.0. The number of carbonyl (C=O) groups is 1. The third kappa shape index (κ3) is 3.95. The normalized spacial score (nSPS) is 10.8. The van der Waals surface area contributed by atoms with E-state index in [9.17, 15) is 4.79 Å². The standard InChI is InChI=1S/C20H18N2O3/c1-24-17-10-15(11-18(13-17)25-2)20(23)9-8-16-12-19(22-21-16)14-6-4-3-5-7-14/h3-13H,1-2H3,(H,21,22)/b9-8+. The molecule has 3 rings (SSSR count). The molecular weight excluding hydrogens is 316 g/mol. The van der Waals surface area contributed by atoms with Crippen LogP contribution in [0.1, 0.15) is 16.1 Å². The number of ether oxygens (including phenoxy) is 2. The van der Waals surface area contributed by atoms with Crippen LogP contribution in [0, 0.1) is 0 Å². The Labute approximate surface area is 145 Å². The van der Waals surface area contributed by atoms with Crippen LogP contribution in [-0.2, 0) is 0 Å². The van der Waals surface area contributed by atoms with Crippen molar-refractivity contribution in [2.45, 2.75) is 0 Å². The van der Waals surface area contributed by atoms with Gasteiger partial charge >= 0.3 is 0 Å². The molecule has 25 heavy (non-hydrogen) atoms. The van der Waals surface area contributed by atoms with E-state index >= 15 is 0 Å². The first-order valence-electron chi connectivity index (χ1n) is 7.76. The Balaban J connectivity index is 1.78. The number of carbonyl (C=O) groups excluding carboxylic acids is 1. The van der Waals surface area contributed by atoms with Crippen LogP contribution >= 0.6 is 0 Å². The minimum Gasteiger partial charge on any atom is -0.497 e. The van der Waals surface area contributed by atoms with Crippen molar-refractivity contribution in [1.82, 2.24) is 10.2 Å². The highest BCUT2D eigenvalue weighted by Gasteiger charge is 2.08. The number of hydrogen-bond acceptors (Lipinski definition) is 4. The minimum atomic E-state index is -0.145. The average Bonchev–Trinajstić information content (AvgIpc) is 3.15. The first-order chi connectivity index (χ1) is 12.2. The zero-order valence-corrected chi connectivity index (χ0v) is 14.0. The van der Waals surface area contributed by atoms with E-state index in [-0.39, 0.29) is 5.78 Å². The molecule has 0 fully saturated rings. The minimum absolute atomic E-state index is 0.145. The third-order valence-electron chi connectivity index (χ3n) is 3.72. The average molecular weight is 334 g/mol. The van der Waals surface area contributed by atoms with Gasteiger partial charge < -0.3 is 9.47 Å². The molecule has 0 saturated carbocycles. The van der Waals surface area contributed by atoms with Crippen LogP contribution in [0.3, 0.4) is 0 Å². The van der Waals surface area contributed by atoms with E-state index in [1.165, 1.54) is 6.08 Å². The molecule has 0 aliphatic heterocycles. The molecule has 0 spiro atoms. The second kappa shape index (κ2) is 7.49. The third-order valence-corrected chi connectivity index (χ3v) is 3.72. The van der Waals surface area contributed by atoms with Gasteiger partial charge in [-0.3, -0.25) is 9.89 Å². The van der Waals surface area contributed by atoms with Crippen LogP contribution in [0.2, 0.25) is 0 Å². The summed E-state index contributed by atoms with van der Waals surface area (Å²) < 4.78 is 10.4. The van der Waals surface area contributed by atoms with Crippen LogP contribution in [-0.4, -0.2) is 30.2 Å². The van der Waals surface area contributed by atoms with E-state index in [2.05, 4.69) is 10.2 Å². The Kier molecular flexibility index (Phi) is 4.95. The molecule has 126 valence electrons. The van der Waals surface area contributed by atoms with E-state index in [4.69, 9.17) is 9.47 Å². The number of hydrogen-bond donors (Lipinski definition) is 1. The van der Waals surface area contributed by atoms with Gasteiger partial charge in [-0.1, -0.05) is 30.3 Å². The van der Waals surface area contributed by atoms with Crippen LogP contribution in [0.4, 0.5) is 0 Å². The molecule has 1 N–H and O–H groups in total. The molecule has 0 radical (unpaired) electrons. The lowest BCUT2D eigenvalue weighted by Crippen LogP contribution is -1.97. The highest BCUT2D eigenvalue weighted by atomic mass is 16.5. The summed E-state index contributed by atoms with van der Waals surface area (Å²) in [5.41, 5.74) is 3.09. The van der Waals surface area contributed by atoms with Gasteiger partial charge in [-0.15, -0.1) is 0 Å². The maximum absolute atomic E-state index is 12.4. The van der Waals surface area contributed by atoms with Crippen molar-refractivity contribution in [3.8, 4) is 22.8 Å². The molecule has 5 heteroatoms. The summed E-state index contributed by atoms with van der Waals surface area (Å²) in [6.45, 7) is 0. The van der Waals surface area contributed by atoms with Gasteiger partial charge in [0.05, 0.1) is 25.6 Å². The fourth-order valence-electron chi connectivity index (χ4n) is 2.39. The molecule has 1 aromatic heterocycles. The number of aromatic amines is 1. The van der Waals surface area contributed by atoms with Gasteiger partial charge in [0.25, 0.3) is 0 Å². The molecular formula is C20H18N2O3. The van der Waals surface area contributed by atoms with Gasteiger partial charge in [-0.2, -0.15) is 5.10 Å². The van der Waals surface area contributed by atoms with E-state index in [1.807, 2.05) is 36.4 Å². The van der Waals surface area contributed by atoms with Crippen LogP contribution in [0.5, 0.6) is 11.5 Å². The summed E-state index contributed by atoms with van der Waals surface area (Å²) in [4.78, 5) is 12.4. The number of H-pyrrole nitrogens is 1. The molecule has 2 aromatic carbocycles. The lowest BCUT2D eigenvalue weighted by molar-refractivity contribution is 0.104. The maximum Gasteiger partial charge on any atom is 0.186 e. The Morgan fingerprint density at radius 2 is 1.68 bits per heavy atom. The van der Waals surface area contributed by atoms with Crippen molar-refractivity contribution in [1.29, 1.82) is 0 Å². The molecule has 5 nitrogen and oxygen atoms in total. The predicted octanol–water partition coefficient (Wildman–Crippen LogP) is 3.99. The van der Waals surface area contributed by atoms with Crippen LogP contribution in [0.25, 0.3) is 17.3 Å². The molecule has 0 bridgehead atoms. The molecule has 0 aliphatic rings. The number of aromatic nitrogens is 2. The van der Waals surface area contributed by atoms with Crippen molar-refractivity contribution in [3.63, 3.8) is 0 Å². The van der Waals surface area contributed by atoms with Crippen LogP contribution in [0.15, 0.2) is 60.7 Å². The topological polar surface area (TPSA) is 64.2 Å². The van der Waals surface area contributed by atoms with E-state index in [0.717, 1.165) is 17.0 Å². The summed E-state index contributed by atoms with van der Waals surface area (Å²) in [5, 5.41) is 7.18. The van der Waals surface area contributed by atoms with Gasteiger partial charge in [0, 0.05) is 17.2 Å². The van der Waals surface area contributed by atoms with Gasteiger partial charge in [0.2, 0.25) is 0 Å². The SMILES string of the molecule is COc1cc(OC)cc(C(=O)/C=C/c2cc(-c3ccccc3)n[nH]2)c1. The highest BCUT2D eigenvalue weighted by Crippen LogP contribution is 2.23. The second-order valence-electron chi connectivity index (χ2n) is 5.37. The molecule has 1 heterocycles. The first kappa shape index (κ1) is 16.5. The Morgan fingerprint density at radius 1 is 1.00 bits per heavy atom. The number of rotatable bonds is 6. The smallest absolute Gasteiger partial charge is 0.186 e.